The molecule has 1 N–H and O–H groups in total. The number of hydrogen-bond acceptors (Lipinski definition) is 6. The molecule has 2 aromatic heterocycles. The van der Waals surface area contributed by atoms with Gasteiger partial charge in [0, 0.05) is 56.9 Å². The average molecular weight is 490 g/mol. The molecule has 9 heteroatoms. The van der Waals surface area contributed by atoms with Gasteiger partial charge >= 0.3 is 0 Å². The molecule has 36 heavy (non-hydrogen) atoms. The van der Waals surface area contributed by atoms with Crippen molar-refractivity contribution < 1.29 is 4.79 Å². The molecule has 1 saturated heterocycles. The van der Waals surface area contributed by atoms with E-state index in [2.05, 4.69) is 53.1 Å². The summed E-state index contributed by atoms with van der Waals surface area (Å²) in [5, 5.41) is 16.8. The standard InChI is InChI=1S/C27H35N7O2/c1-6-20-16-34(24-14-26(36)31(5)25-17-32(13-12-28)30-27(24)25)21(7-2)15-33(20)18(3)22-10-8-9-11-23(22)29-19(4)35/h8-11,14,17-18,20-21H,6-7,13,15-16H2,1-5H3,(H,29,35)/t18?,20-,21+/m1/s1. The number of rotatable bonds is 7. The Balaban J connectivity index is 1.72. The second-order valence-corrected chi connectivity index (χ2v) is 9.56. The number of fused-ring (bicyclic) bond motifs is 1. The third kappa shape index (κ3) is 4.73. The van der Waals surface area contributed by atoms with Gasteiger partial charge in [0.15, 0.2) is 0 Å². The second kappa shape index (κ2) is 10.5. The molecule has 0 radical (unpaired) electrons. The molecule has 0 bridgehead atoms. The lowest BCUT2D eigenvalue weighted by Gasteiger charge is -2.49. The van der Waals surface area contributed by atoms with Gasteiger partial charge in [-0.1, -0.05) is 32.0 Å². The van der Waals surface area contributed by atoms with Crippen LogP contribution in [-0.2, 0) is 18.4 Å². The van der Waals surface area contributed by atoms with E-state index in [1.54, 1.807) is 28.6 Å². The highest BCUT2D eigenvalue weighted by atomic mass is 16.1. The molecular weight excluding hydrogens is 454 g/mol. The van der Waals surface area contributed by atoms with Crippen molar-refractivity contribution in [3.05, 3.63) is 52.4 Å². The average Bonchev–Trinajstić information content (AvgIpc) is 3.29. The predicted molar refractivity (Wildman–Crippen MR) is 142 cm³/mol. The van der Waals surface area contributed by atoms with Crippen LogP contribution in [0.1, 0.15) is 52.1 Å². The summed E-state index contributed by atoms with van der Waals surface area (Å²) in [6.45, 7) is 9.81. The van der Waals surface area contributed by atoms with Crippen molar-refractivity contribution in [3.8, 4) is 6.07 Å². The van der Waals surface area contributed by atoms with Crippen LogP contribution in [0.2, 0.25) is 0 Å². The number of nitrogens with zero attached hydrogens (tertiary/aromatic N) is 6. The molecule has 190 valence electrons. The third-order valence-corrected chi connectivity index (χ3v) is 7.38. The molecule has 0 aliphatic carbocycles. The van der Waals surface area contributed by atoms with Crippen LogP contribution < -0.4 is 15.8 Å². The molecule has 1 amide bonds. The maximum Gasteiger partial charge on any atom is 0.252 e. The number of carbonyl (C=O) groups is 1. The highest BCUT2D eigenvalue weighted by molar-refractivity contribution is 5.90. The first-order chi connectivity index (χ1) is 17.3. The van der Waals surface area contributed by atoms with Crippen molar-refractivity contribution in [3.63, 3.8) is 0 Å². The monoisotopic (exact) mass is 489 g/mol. The summed E-state index contributed by atoms with van der Waals surface area (Å²) in [5.41, 5.74) is 4.17. The molecule has 3 atom stereocenters. The summed E-state index contributed by atoms with van der Waals surface area (Å²) in [6.07, 6.45) is 3.62. The van der Waals surface area contributed by atoms with Gasteiger partial charge in [-0.25, -0.2) is 0 Å². The van der Waals surface area contributed by atoms with Crippen molar-refractivity contribution in [2.24, 2.45) is 7.05 Å². The third-order valence-electron chi connectivity index (χ3n) is 7.38. The largest absolute Gasteiger partial charge is 0.364 e. The van der Waals surface area contributed by atoms with Crippen molar-refractivity contribution >= 4 is 28.3 Å². The van der Waals surface area contributed by atoms with E-state index in [4.69, 9.17) is 5.26 Å². The molecular formula is C27H35N7O2. The second-order valence-electron chi connectivity index (χ2n) is 9.56. The van der Waals surface area contributed by atoms with E-state index in [0.717, 1.165) is 53.9 Å². The zero-order chi connectivity index (χ0) is 26.0. The molecule has 0 saturated carbocycles. The Hall–Kier alpha value is -3.64. The van der Waals surface area contributed by atoms with Crippen LogP contribution in [0.25, 0.3) is 11.0 Å². The topological polar surface area (TPSA) is 99.2 Å². The smallest absolute Gasteiger partial charge is 0.252 e. The number of aromatic nitrogens is 3. The van der Waals surface area contributed by atoms with Crippen molar-refractivity contribution in [2.75, 3.05) is 23.3 Å². The minimum Gasteiger partial charge on any atom is -0.364 e. The summed E-state index contributed by atoms with van der Waals surface area (Å²) >= 11 is 0. The number of nitrogens with one attached hydrogen (secondary N) is 1. The predicted octanol–water partition coefficient (Wildman–Crippen LogP) is 3.66. The lowest BCUT2D eigenvalue weighted by molar-refractivity contribution is -0.114. The highest BCUT2D eigenvalue weighted by Crippen LogP contribution is 2.36. The number of piperazine rings is 1. The Morgan fingerprint density at radius 3 is 2.61 bits per heavy atom. The van der Waals surface area contributed by atoms with Gasteiger partial charge in [-0.3, -0.25) is 19.2 Å². The van der Waals surface area contributed by atoms with Gasteiger partial charge < -0.3 is 14.8 Å². The molecule has 0 spiro atoms. The normalized spacial score (nSPS) is 19.3. The van der Waals surface area contributed by atoms with Gasteiger partial charge in [-0.05, 0) is 31.4 Å². The quantitative estimate of drug-likeness (QED) is 0.544. The number of para-hydroxylation sites is 1. The molecule has 3 heterocycles. The maximum absolute atomic E-state index is 12.9. The molecule has 9 nitrogen and oxygen atoms in total. The number of carbonyl (C=O) groups excluding carboxylic acids is 1. The minimum atomic E-state index is -0.0862. The number of hydrogen-bond donors (Lipinski definition) is 1. The number of anilines is 2. The number of amides is 1. The van der Waals surface area contributed by atoms with E-state index in [1.165, 1.54) is 6.92 Å². The Bertz CT molecular complexity index is 1350. The van der Waals surface area contributed by atoms with Gasteiger partial charge in [0.25, 0.3) is 5.56 Å². The van der Waals surface area contributed by atoms with Crippen molar-refractivity contribution in [1.29, 1.82) is 5.26 Å². The summed E-state index contributed by atoms with van der Waals surface area (Å²) in [5.74, 6) is -0.0801. The zero-order valence-electron chi connectivity index (χ0n) is 21.7. The lowest BCUT2D eigenvalue weighted by atomic mass is 9.95. The van der Waals surface area contributed by atoms with Gasteiger partial charge in [-0.15, -0.1) is 0 Å². The number of pyridine rings is 1. The van der Waals surface area contributed by atoms with E-state index in [-0.39, 0.29) is 36.1 Å². The van der Waals surface area contributed by atoms with Gasteiger partial charge in [0.1, 0.15) is 12.1 Å². The van der Waals surface area contributed by atoms with Gasteiger partial charge in [0.2, 0.25) is 5.91 Å². The highest BCUT2D eigenvalue weighted by Gasteiger charge is 2.36. The van der Waals surface area contributed by atoms with E-state index < -0.39 is 0 Å². The fourth-order valence-corrected chi connectivity index (χ4v) is 5.41. The van der Waals surface area contributed by atoms with E-state index in [0.29, 0.717) is 0 Å². The molecule has 1 aromatic carbocycles. The molecule has 1 aliphatic rings. The van der Waals surface area contributed by atoms with Crippen LogP contribution in [0.3, 0.4) is 0 Å². The Morgan fingerprint density at radius 1 is 1.22 bits per heavy atom. The van der Waals surface area contributed by atoms with Crippen molar-refractivity contribution in [1.82, 2.24) is 19.2 Å². The Labute approximate surface area is 211 Å². The fourth-order valence-electron chi connectivity index (χ4n) is 5.41. The molecule has 3 aromatic rings. The summed E-state index contributed by atoms with van der Waals surface area (Å²) in [4.78, 5) is 29.5. The SMILES string of the molecule is CC[C@H]1CN(C(C)c2ccccc2NC(C)=O)[C@H](CC)CN1c1cc(=O)n(C)c2cn(CC#N)nc12. The Morgan fingerprint density at radius 2 is 1.94 bits per heavy atom. The van der Waals surface area contributed by atoms with E-state index in [9.17, 15) is 9.59 Å². The van der Waals surface area contributed by atoms with Crippen LogP contribution in [0.4, 0.5) is 11.4 Å². The van der Waals surface area contributed by atoms with E-state index >= 15 is 0 Å². The molecule has 1 unspecified atom stereocenters. The molecule has 1 aliphatic heterocycles. The van der Waals surface area contributed by atoms with Crippen LogP contribution in [0, 0.1) is 11.3 Å². The van der Waals surface area contributed by atoms with Crippen LogP contribution in [0.5, 0.6) is 0 Å². The van der Waals surface area contributed by atoms with Gasteiger partial charge in [-0.2, -0.15) is 10.4 Å². The lowest BCUT2D eigenvalue weighted by Crippen LogP contribution is -2.58. The number of nitriles is 1. The fraction of sp³-hybridized carbons (Fsp3) is 0.481. The van der Waals surface area contributed by atoms with Gasteiger partial charge in [0.05, 0.1) is 23.5 Å². The summed E-state index contributed by atoms with van der Waals surface area (Å²) in [7, 11) is 1.74. The summed E-state index contributed by atoms with van der Waals surface area (Å²) in [6, 6.07) is 12.3. The maximum atomic E-state index is 12.9. The first kappa shape index (κ1) is 25.5. The molecule has 4 rings (SSSR count). The first-order valence-corrected chi connectivity index (χ1v) is 12.6. The zero-order valence-corrected chi connectivity index (χ0v) is 21.7. The number of aryl methyl sites for hydroxylation is 1. The Kier molecular flexibility index (Phi) is 7.45. The summed E-state index contributed by atoms with van der Waals surface area (Å²) < 4.78 is 3.19. The van der Waals surface area contributed by atoms with Crippen LogP contribution in [0.15, 0.2) is 41.3 Å². The van der Waals surface area contributed by atoms with Crippen LogP contribution >= 0.6 is 0 Å². The minimum absolute atomic E-state index is 0.0801. The molecule has 1 fully saturated rings. The first-order valence-electron chi connectivity index (χ1n) is 12.6. The number of benzene rings is 1. The van der Waals surface area contributed by atoms with Crippen molar-refractivity contribution in [2.45, 2.75) is 65.2 Å². The van der Waals surface area contributed by atoms with Crippen LogP contribution in [-0.4, -0.2) is 50.3 Å². The van der Waals surface area contributed by atoms with E-state index in [1.807, 2.05) is 18.2 Å².